The highest BCUT2D eigenvalue weighted by Gasteiger charge is 2.41. The summed E-state index contributed by atoms with van der Waals surface area (Å²) in [4.78, 5) is 24.5. The minimum Gasteiger partial charge on any atom is -0.481 e. The summed E-state index contributed by atoms with van der Waals surface area (Å²) in [6.07, 6.45) is 2.20. The number of hydrogen-bond acceptors (Lipinski definition) is 5. The molecule has 122 valence electrons. The van der Waals surface area contributed by atoms with Crippen molar-refractivity contribution in [2.45, 2.75) is 13.3 Å². The molecule has 0 saturated carbocycles. The van der Waals surface area contributed by atoms with Crippen molar-refractivity contribution in [3.63, 3.8) is 0 Å². The van der Waals surface area contributed by atoms with E-state index in [0.717, 1.165) is 26.5 Å². The summed E-state index contributed by atoms with van der Waals surface area (Å²) in [6, 6.07) is 12.3. The highest BCUT2D eigenvalue weighted by molar-refractivity contribution is 7.21. The van der Waals surface area contributed by atoms with Crippen LogP contribution in [0.3, 0.4) is 0 Å². The van der Waals surface area contributed by atoms with E-state index in [9.17, 15) is 9.90 Å². The first-order valence-electron chi connectivity index (χ1n) is 7.85. The van der Waals surface area contributed by atoms with Crippen molar-refractivity contribution in [3.8, 4) is 10.4 Å². The van der Waals surface area contributed by atoms with Crippen molar-refractivity contribution < 1.29 is 9.90 Å². The van der Waals surface area contributed by atoms with Gasteiger partial charge in [-0.25, -0.2) is 9.97 Å². The zero-order valence-electron chi connectivity index (χ0n) is 13.3. The van der Waals surface area contributed by atoms with E-state index in [2.05, 4.69) is 33.1 Å². The normalized spacial score (nSPS) is 20.6. The molecule has 0 amide bonds. The zero-order chi connectivity index (χ0) is 16.7. The Hall–Kier alpha value is -2.47. The number of carboxylic acid groups (broad SMARTS) is 1. The second-order valence-electron chi connectivity index (χ2n) is 6.43. The van der Waals surface area contributed by atoms with Gasteiger partial charge in [-0.2, -0.15) is 0 Å². The molecule has 6 heteroatoms. The molecule has 1 aliphatic rings. The predicted octanol–water partition coefficient (Wildman–Crippen LogP) is 3.66. The van der Waals surface area contributed by atoms with Gasteiger partial charge in [-0.3, -0.25) is 4.79 Å². The van der Waals surface area contributed by atoms with Crippen LogP contribution in [0.25, 0.3) is 20.7 Å². The summed E-state index contributed by atoms with van der Waals surface area (Å²) in [5.41, 5.74) is 0.443. The van der Waals surface area contributed by atoms with Gasteiger partial charge >= 0.3 is 5.97 Å². The van der Waals surface area contributed by atoms with E-state index in [1.54, 1.807) is 24.6 Å². The lowest BCUT2D eigenvalue weighted by molar-refractivity contribution is -0.146. The van der Waals surface area contributed by atoms with Crippen LogP contribution in [0.15, 0.2) is 42.7 Å². The quantitative estimate of drug-likeness (QED) is 0.789. The maximum Gasteiger partial charge on any atom is 0.311 e. The molecule has 1 aromatic carbocycles. The predicted molar refractivity (Wildman–Crippen MR) is 95.4 cm³/mol. The SMILES string of the molecule is CC1(C(=O)O)CCN(c2ncnc3sc(-c4ccccc4)cc23)C1. The Labute approximate surface area is 143 Å². The standard InChI is InChI=1S/C18H17N3O2S/c1-18(17(22)23)7-8-21(10-18)15-13-9-14(12-5-3-2-4-6-12)24-16(13)20-11-19-15/h2-6,9,11H,7-8,10H2,1H3,(H,22,23). The van der Waals surface area contributed by atoms with Crippen LogP contribution >= 0.6 is 11.3 Å². The first kappa shape index (κ1) is 15.1. The van der Waals surface area contributed by atoms with Crippen LogP contribution < -0.4 is 4.90 Å². The molecule has 0 aliphatic carbocycles. The third kappa shape index (κ3) is 2.43. The van der Waals surface area contributed by atoms with Gasteiger partial charge in [0.05, 0.1) is 10.8 Å². The molecule has 3 aromatic rings. The number of carboxylic acids is 1. The van der Waals surface area contributed by atoms with Gasteiger partial charge in [0.2, 0.25) is 0 Å². The van der Waals surface area contributed by atoms with E-state index >= 15 is 0 Å². The Kier molecular flexibility index (Phi) is 3.49. The van der Waals surface area contributed by atoms with Gasteiger partial charge in [0.15, 0.2) is 0 Å². The third-order valence-electron chi connectivity index (χ3n) is 4.66. The van der Waals surface area contributed by atoms with Crippen molar-refractivity contribution in [2.75, 3.05) is 18.0 Å². The Balaban J connectivity index is 1.75. The number of benzene rings is 1. The average molecular weight is 339 g/mol. The summed E-state index contributed by atoms with van der Waals surface area (Å²) >= 11 is 1.64. The Morgan fingerprint density at radius 1 is 1.29 bits per heavy atom. The fourth-order valence-electron chi connectivity index (χ4n) is 3.16. The zero-order valence-corrected chi connectivity index (χ0v) is 14.1. The second kappa shape index (κ2) is 5.56. The molecule has 3 heterocycles. The minimum absolute atomic E-state index is 0.477. The fourth-order valence-corrected chi connectivity index (χ4v) is 4.16. The van der Waals surface area contributed by atoms with Crippen LogP contribution in [-0.2, 0) is 4.79 Å². The number of fused-ring (bicyclic) bond motifs is 1. The number of hydrogen-bond donors (Lipinski definition) is 1. The number of aromatic nitrogens is 2. The molecule has 5 nitrogen and oxygen atoms in total. The van der Waals surface area contributed by atoms with Crippen molar-refractivity contribution in [1.29, 1.82) is 0 Å². The highest BCUT2D eigenvalue weighted by Crippen LogP contribution is 2.39. The molecule has 0 spiro atoms. The van der Waals surface area contributed by atoms with Crippen molar-refractivity contribution in [1.82, 2.24) is 9.97 Å². The smallest absolute Gasteiger partial charge is 0.311 e. The van der Waals surface area contributed by atoms with E-state index in [4.69, 9.17) is 0 Å². The van der Waals surface area contributed by atoms with Crippen molar-refractivity contribution in [3.05, 3.63) is 42.7 Å². The van der Waals surface area contributed by atoms with E-state index < -0.39 is 11.4 Å². The Bertz CT molecular complexity index is 909. The molecule has 1 N–H and O–H groups in total. The topological polar surface area (TPSA) is 66.3 Å². The monoisotopic (exact) mass is 339 g/mol. The lowest BCUT2D eigenvalue weighted by atomic mass is 9.90. The lowest BCUT2D eigenvalue weighted by Gasteiger charge is -2.21. The molecule has 24 heavy (non-hydrogen) atoms. The second-order valence-corrected chi connectivity index (χ2v) is 7.46. The number of rotatable bonds is 3. The minimum atomic E-state index is -0.745. The molecule has 1 saturated heterocycles. The van der Waals surface area contributed by atoms with Crippen LogP contribution in [0.5, 0.6) is 0 Å². The van der Waals surface area contributed by atoms with E-state index in [1.807, 2.05) is 18.2 Å². The molecule has 1 unspecified atom stereocenters. The van der Waals surface area contributed by atoms with Crippen LogP contribution in [0, 0.1) is 5.41 Å². The largest absolute Gasteiger partial charge is 0.481 e. The first-order valence-corrected chi connectivity index (χ1v) is 8.67. The molecule has 0 radical (unpaired) electrons. The third-order valence-corrected chi connectivity index (χ3v) is 5.75. The summed E-state index contributed by atoms with van der Waals surface area (Å²) in [6.45, 7) is 2.98. The van der Waals surface area contributed by atoms with Crippen LogP contribution in [0.2, 0.25) is 0 Å². The van der Waals surface area contributed by atoms with Gasteiger partial charge in [0.1, 0.15) is 17.0 Å². The number of anilines is 1. The van der Waals surface area contributed by atoms with Crippen LogP contribution in [-0.4, -0.2) is 34.1 Å². The highest BCUT2D eigenvalue weighted by atomic mass is 32.1. The van der Waals surface area contributed by atoms with Crippen LogP contribution in [0.1, 0.15) is 13.3 Å². The molecular weight excluding hydrogens is 322 g/mol. The lowest BCUT2D eigenvalue weighted by Crippen LogP contribution is -2.32. The number of carbonyl (C=O) groups is 1. The van der Waals surface area contributed by atoms with Crippen LogP contribution in [0.4, 0.5) is 5.82 Å². The van der Waals surface area contributed by atoms with Gasteiger partial charge < -0.3 is 10.0 Å². The molecule has 4 rings (SSSR count). The summed E-state index contributed by atoms with van der Waals surface area (Å²) in [7, 11) is 0. The first-order chi connectivity index (χ1) is 11.6. The Morgan fingerprint density at radius 2 is 2.08 bits per heavy atom. The molecular formula is C18H17N3O2S. The average Bonchev–Trinajstić information content (AvgIpc) is 3.20. The summed E-state index contributed by atoms with van der Waals surface area (Å²) in [5, 5.41) is 10.4. The molecule has 2 aromatic heterocycles. The van der Waals surface area contributed by atoms with Gasteiger partial charge in [-0.05, 0) is 25.0 Å². The van der Waals surface area contributed by atoms with Gasteiger partial charge in [0.25, 0.3) is 0 Å². The van der Waals surface area contributed by atoms with E-state index in [0.29, 0.717) is 19.5 Å². The number of thiophene rings is 1. The molecule has 1 atom stereocenters. The maximum absolute atomic E-state index is 11.5. The summed E-state index contributed by atoms with van der Waals surface area (Å²) in [5.74, 6) is 0.0917. The molecule has 0 bridgehead atoms. The molecule has 1 aliphatic heterocycles. The fraction of sp³-hybridized carbons (Fsp3) is 0.278. The van der Waals surface area contributed by atoms with Crippen molar-refractivity contribution >= 4 is 33.3 Å². The molecule has 1 fully saturated rings. The van der Waals surface area contributed by atoms with Gasteiger partial charge in [-0.1, -0.05) is 30.3 Å². The number of aliphatic carboxylic acids is 1. The Morgan fingerprint density at radius 3 is 2.79 bits per heavy atom. The van der Waals surface area contributed by atoms with Gasteiger partial charge in [0, 0.05) is 18.0 Å². The van der Waals surface area contributed by atoms with Gasteiger partial charge in [-0.15, -0.1) is 11.3 Å². The number of nitrogens with zero attached hydrogens (tertiary/aromatic N) is 3. The summed E-state index contributed by atoms with van der Waals surface area (Å²) < 4.78 is 0. The maximum atomic E-state index is 11.5. The van der Waals surface area contributed by atoms with Crippen molar-refractivity contribution in [2.24, 2.45) is 5.41 Å². The van der Waals surface area contributed by atoms with E-state index in [-0.39, 0.29) is 0 Å². The van der Waals surface area contributed by atoms with E-state index in [1.165, 1.54) is 0 Å².